The first kappa shape index (κ1) is 12.1. The van der Waals surface area contributed by atoms with Crippen LogP contribution in [0.25, 0.3) is 0 Å². The SMILES string of the molecule is CC(C)CCc1ccc(OC(C)C)cc1. The average Bonchev–Trinajstić information content (AvgIpc) is 2.16. The van der Waals surface area contributed by atoms with Crippen LogP contribution in [-0.4, -0.2) is 6.10 Å². The van der Waals surface area contributed by atoms with Crippen molar-refractivity contribution in [3.8, 4) is 5.75 Å². The number of hydrogen-bond donors (Lipinski definition) is 0. The molecule has 1 aromatic rings. The topological polar surface area (TPSA) is 9.23 Å². The third-order valence-corrected chi connectivity index (χ3v) is 2.31. The third-order valence-electron chi connectivity index (χ3n) is 2.31. The number of ether oxygens (including phenoxy) is 1. The smallest absolute Gasteiger partial charge is 0.119 e. The minimum Gasteiger partial charge on any atom is -0.491 e. The van der Waals surface area contributed by atoms with E-state index >= 15 is 0 Å². The van der Waals surface area contributed by atoms with Crippen molar-refractivity contribution < 1.29 is 4.74 Å². The van der Waals surface area contributed by atoms with Crippen LogP contribution in [0, 0.1) is 5.92 Å². The Morgan fingerprint density at radius 2 is 1.60 bits per heavy atom. The summed E-state index contributed by atoms with van der Waals surface area (Å²) < 4.78 is 5.59. The molecular formula is C14H22O. The molecule has 0 amide bonds. The summed E-state index contributed by atoms with van der Waals surface area (Å²) in [7, 11) is 0. The lowest BCUT2D eigenvalue weighted by atomic mass is 10.0. The summed E-state index contributed by atoms with van der Waals surface area (Å²) in [6.07, 6.45) is 2.68. The minimum absolute atomic E-state index is 0.256. The predicted octanol–water partition coefficient (Wildman–Crippen LogP) is 4.06. The van der Waals surface area contributed by atoms with Crippen LogP contribution in [0.4, 0.5) is 0 Å². The molecule has 0 aliphatic heterocycles. The molecule has 0 radical (unpaired) electrons. The zero-order valence-corrected chi connectivity index (χ0v) is 10.3. The average molecular weight is 206 g/mol. The molecule has 0 spiro atoms. The van der Waals surface area contributed by atoms with E-state index in [1.807, 2.05) is 13.8 Å². The van der Waals surface area contributed by atoms with Gasteiger partial charge in [-0.2, -0.15) is 0 Å². The van der Waals surface area contributed by atoms with E-state index in [-0.39, 0.29) is 6.10 Å². The van der Waals surface area contributed by atoms with Gasteiger partial charge in [-0.25, -0.2) is 0 Å². The van der Waals surface area contributed by atoms with Gasteiger partial charge >= 0.3 is 0 Å². The van der Waals surface area contributed by atoms with Crippen molar-refractivity contribution in [2.45, 2.75) is 46.6 Å². The number of aryl methyl sites for hydroxylation is 1. The Kier molecular flexibility index (Phi) is 4.67. The van der Waals surface area contributed by atoms with Crippen molar-refractivity contribution >= 4 is 0 Å². The van der Waals surface area contributed by atoms with Crippen molar-refractivity contribution in [1.82, 2.24) is 0 Å². The van der Waals surface area contributed by atoms with Crippen LogP contribution in [0.3, 0.4) is 0 Å². The van der Waals surface area contributed by atoms with E-state index in [4.69, 9.17) is 4.74 Å². The predicted molar refractivity (Wildman–Crippen MR) is 65.4 cm³/mol. The molecule has 1 aromatic carbocycles. The Hall–Kier alpha value is -0.980. The Bertz CT molecular complexity index is 272. The van der Waals surface area contributed by atoms with E-state index in [9.17, 15) is 0 Å². The number of benzene rings is 1. The van der Waals surface area contributed by atoms with Crippen LogP contribution in [0.2, 0.25) is 0 Å². The summed E-state index contributed by atoms with van der Waals surface area (Å²) in [5, 5.41) is 0. The molecule has 0 aromatic heterocycles. The van der Waals surface area contributed by atoms with Gasteiger partial charge in [-0.1, -0.05) is 26.0 Å². The lowest BCUT2D eigenvalue weighted by Gasteiger charge is -2.10. The van der Waals surface area contributed by atoms with Gasteiger partial charge in [0.1, 0.15) is 5.75 Å². The van der Waals surface area contributed by atoms with Gasteiger partial charge in [0, 0.05) is 0 Å². The highest BCUT2D eigenvalue weighted by Gasteiger charge is 1.99. The zero-order valence-electron chi connectivity index (χ0n) is 10.3. The van der Waals surface area contributed by atoms with Crippen LogP contribution in [0.15, 0.2) is 24.3 Å². The lowest BCUT2D eigenvalue weighted by Crippen LogP contribution is -2.05. The standard InChI is InChI=1S/C14H22O/c1-11(2)5-6-13-7-9-14(10-8-13)15-12(3)4/h7-12H,5-6H2,1-4H3. The van der Waals surface area contributed by atoms with E-state index in [0.29, 0.717) is 0 Å². The summed E-state index contributed by atoms with van der Waals surface area (Å²) in [5.74, 6) is 1.75. The molecule has 84 valence electrons. The van der Waals surface area contributed by atoms with E-state index < -0.39 is 0 Å². The molecule has 15 heavy (non-hydrogen) atoms. The number of rotatable bonds is 5. The van der Waals surface area contributed by atoms with Gasteiger partial charge in [-0.05, 0) is 50.3 Å². The van der Waals surface area contributed by atoms with Crippen LogP contribution in [-0.2, 0) is 6.42 Å². The van der Waals surface area contributed by atoms with Gasteiger partial charge in [-0.15, -0.1) is 0 Å². The van der Waals surface area contributed by atoms with Crippen molar-refractivity contribution in [3.63, 3.8) is 0 Å². The normalized spacial score (nSPS) is 11.1. The first-order chi connectivity index (χ1) is 7.08. The van der Waals surface area contributed by atoms with Crippen molar-refractivity contribution in [3.05, 3.63) is 29.8 Å². The fourth-order valence-electron chi connectivity index (χ4n) is 1.46. The first-order valence-corrected chi connectivity index (χ1v) is 5.83. The highest BCUT2D eigenvalue weighted by atomic mass is 16.5. The number of hydrogen-bond acceptors (Lipinski definition) is 1. The minimum atomic E-state index is 0.256. The lowest BCUT2D eigenvalue weighted by molar-refractivity contribution is 0.242. The van der Waals surface area contributed by atoms with Gasteiger partial charge in [0.2, 0.25) is 0 Å². The zero-order chi connectivity index (χ0) is 11.3. The molecule has 0 aliphatic carbocycles. The highest BCUT2D eigenvalue weighted by Crippen LogP contribution is 2.16. The van der Waals surface area contributed by atoms with Crippen molar-refractivity contribution in [2.75, 3.05) is 0 Å². The van der Waals surface area contributed by atoms with Gasteiger partial charge in [0.15, 0.2) is 0 Å². The fourth-order valence-corrected chi connectivity index (χ4v) is 1.46. The molecule has 0 N–H and O–H groups in total. The summed E-state index contributed by atoms with van der Waals surface area (Å²) in [5.41, 5.74) is 1.40. The molecule has 0 bridgehead atoms. The van der Waals surface area contributed by atoms with Gasteiger partial charge < -0.3 is 4.74 Å². The van der Waals surface area contributed by atoms with E-state index in [1.165, 1.54) is 18.4 Å². The molecule has 0 saturated carbocycles. The molecule has 0 atom stereocenters. The Morgan fingerprint density at radius 3 is 2.07 bits per heavy atom. The van der Waals surface area contributed by atoms with Crippen molar-refractivity contribution in [2.24, 2.45) is 5.92 Å². The molecule has 0 unspecified atom stereocenters. The van der Waals surface area contributed by atoms with Crippen LogP contribution in [0.1, 0.15) is 39.7 Å². The highest BCUT2D eigenvalue weighted by molar-refractivity contribution is 5.27. The fraction of sp³-hybridized carbons (Fsp3) is 0.571. The van der Waals surface area contributed by atoms with Crippen LogP contribution < -0.4 is 4.74 Å². The Balaban J connectivity index is 2.49. The maximum absolute atomic E-state index is 5.59. The summed E-state index contributed by atoms with van der Waals surface area (Å²) in [4.78, 5) is 0. The molecule has 1 rings (SSSR count). The van der Waals surface area contributed by atoms with Crippen LogP contribution in [0.5, 0.6) is 5.75 Å². The molecule has 0 aliphatic rings. The van der Waals surface area contributed by atoms with Gasteiger partial charge in [0.25, 0.3) is 0 Å². The maximum atomic E-state index is 5.59. The van der Waals surface area contributed by atoms with E-state index in [1.54, 1.807) is 0 Å². The molecule has 0 saturated heterocycles. The third kappa shape index (κ3) is 4.87. The quantitative estimate of drug-likeness (QED) is 0.706. The molecule has 1 nitrogen and oxygen atoms in total. The van der Waals surface area contributed by atoms with Crippen LogP contribution >= 0.6 is 0 Å². The summed E-state index contributed by atoms with van der Waals surface area (Å²) >= 11 is 0. The monoisotopic (exact) mass is 206 g/mol. The second-order valence-electron chi connectivity index (χ2n) is 4.74. The van der Waals surface area contributed by atoms with Gasteiger partial charge in [-0.3, -0.25) is 0 Å². The van der Waals surface area contributed by atoms with E-state index in [0.717, 1.165) is 11.7 Å². The Morgan fingerprint density at radius 1 is 1.00 bits per heavy atom. The molecule has 0 fully saturated rings. The second kappa shape index (κ2) is 5.79. The van der Waals surface area contributed by atoms with Gasteiger partial charge in [0.05, 0.1) is 6.10 Å². The Labute approximate surface area is 93.5 Å². The molecular weight excluding hydrogens is 184 g/mol. The maximum Gasteiger partial charge on any atom is 0.119 e. The largest absolute Gasteiger partial charge is 0.491 e. The van der Waals surface area contributed by atoms with E-state index in [2.05, 4.69) is 38.1 Å². The molecule has 0 heterocycles. The first-order valence-electron chi connectivity index (χ1n) is 5.83. The second-order valence-corrected chi connectivity index (χ2v) is 4.74. The van der Waals surface area contributed by atoms with Crippen molar-refractivity contribution in [1.29, 1.82) is 0 Å². The summed E-state index contributed by atoms with van der Waals surface area (Å²) in [6.45, 7) is 8.62. The molecule has 1 heteroatoms. The summed E-state index contributed by atoms with van der Waals surface area (Å²) in [6, 6.07) is 8.46.